The maximum Gasteiger partial charge on any atom is 0.127 e. The van der Waals surface area contributed by atoms with E-state index in [2.05, 4.69) is 5.48 Å². The van der Waals surface area contributed by atoms with Gasteiger partial charge in [0.2, 0.25) is 0 Å². The molecule has 86 valence electrons. The number of nitriles is 1. The number of hydroxylamine groups is 1. The molecule has 1 N–H and O–H groups in total. The highest BCUT2D eigenvalue weighted by atomic mass is 19.1. The maximum atomic E-state index is 13.3. The molecule has 0 saturated heterocycles. The van der Waals surface area contributed by atoms with Crippen LogP contribution in [0, 0.1) is 17.1 Å². The summed E-state index contributed by atoms with van der Waals surface area (Å²) in [6.45, 7) is 5.91. The number of benzene rings is 1. The minimum absolute atomic E-state index is 0.235. The van der Waals surface area contributed by atoms with Crippen molar-refractivity contribution in [3.63, 3.8) is 0 Å². The molecule has 16 heavy (non-hydrogen) atoms. The molecule has 1 aromatic carbocycles. The third kappa shape index (κ3) is 3.97. The van der Waals surface area contributed by atoms with E-state index in [9.17, 15) is 4.39 Å². The highest BCUT2D eigenvalue weighted by Crippen LogP contribution is 2.11. The Kier molecular flexibility index (Phi) is 3.99. The molecule has 0 heterocycles. The van der Waals surface area contributed by atoms with Crippen LogP contribution >= 0.6 is 0 Å². The van der Waals surface area contributed by atoms with E-state index >= 15 is 0 Å². The predicted molar refractivity (Wildman–Crippen MR) is 58.8 cm³/mol. The van der Waals surface area contributed by atoms with Crippen LogP contribution < -0.4 is 5.48 Å². The van der Waals surface area contributed by atoms with Crippen molar-refractivity contribution < 1.29 is 9.23 Å². The predicted octanol–water partition coefficient (Wildman–Crippen LogP) is 2.52. The first-order valence-electron chi connectivity index (χ1n) is 5.02. The number of rotatable bonds is 3. The monoisotopic (exact) mass is 222 g/mol. The lowest BCUT2D eigenvalue weighted by atomic mass is 10.1. The third-order valence-corrected chi connectivity index (χ3v) is 1.82. The van der Waals surface area contributed by atoms with Crippen molar-refractivity contribution in [1.29, 1.82) is 5.26 Å². The van der Waals surface area contributed by atoms with E-state index in [1.165, 1.54) is 18.2 Å². The summed E-state index contributed by atoms with van der Waals surface area (Å²) in [7, 11) is 0. The Balaban J connectivity index is 2.64. The van der Waals surface area contributed by atoms with E-state index in [-0.39, 0.29) is 18.0 Å². The molecule has 0 aliphatic carbocycles. The Morgan fingerprint density at radius 2 is 2.12 bits per heavy atom. The SMILES string of the molecule is CC(C)(C)ONCc1cc(C#N)ccc1F. The molecule has 1 rings (SSSR count). The van der Waals surface area contributed by atoms with Gasteiger partial charge in [-0.25, -0.2) is 4.39 Å². The second-order valence-corrected chi connectivity index (χ2v) is 4.45. The highest BCUT2D eigenvalue weighted by molar-refractivity contribution is 5.33. The average Bonchev–Trinajstić information content (AvgIpc) is 2.19. The van der Waals surface area contributed by atoms with Crippen molar-refractivity contribution in [3.05, 3.63) is 35.1 Å². The van der Waals surface area contributed by atoms with Crippen molar-refractivity contribution in [1.82, 2.24) is 5.48 Å². The fourth-order valence-corrected chi connectivity index (χ4v) is 1.11. The number of nitrogens with one attached hydrogen (secondary N) is 1. The molecule has 0 aliphatic rings. The number of hydrogen-bond acceptors (Lipinski definition) is 3. The molecule has 0 bridgehead atoms. The number of nitrogens with zero attached hydrogens (tertiary/aromatic N) is 1. The Bertz CT molecular complexity index is 404. The number of halogens is 1. The van der Waals surface area contributed by atoms with Gasteiger partial charge < -0.3 is 0 Å². The fraction of sp³-hybridized carbons (Fsp3) is 0.417. The van der Waals surface area contributed by atoms with Gasteiger partial charge in [-0.15, -0.1) is 0 Å². The second kappa shape index (κ2) is 5.06. The van der Waals surface area contributed by atoms with Crippen LogP contribution in [0.5, 0.6) is 0 Å². The largest absolute Gasteiger partial charge is 0.296 e. The molecule has 0 amide bonds. The molecule has 0 aromatic heterocycles. The van der Waals surface area contributed by atoms with Crippen LogP contribution in [0.1, 0.15) is 31.9 Å². The molecule has 0 aliphatic heterocycles. The molecule has 0 radical (unpaired) electrons. The normalized spacial score (nSPS) is 11.2. The fourth-order valence-electron chi connectivity index (χ4n) is 1.11. The smallest absolute Gasteiger partial charge is 0.127 e. The van der Waals surface area contributed by atoms with Crippen molar-refractivity contribution in [3.8, 4) is 6.07 Å². The van der Waals surface area contributed by atoms with Gasteiger partial charge in [0, 0.05) is 12.1 Å². The Morgan fingerprint density at radius 3 is 2.69 bits per heavy atom. The van der Waals surface area contributed by atoms with E-state index in [1.54, 1.807) is 0 Å². The van der Waals surface area contributed by atoms with Gasteiger partial charge >= 0.3 is 0 Å². The van der Waals surface area contributed by atoms with Gasteiger partial charge in [0.05, 0.1) is 17.2 Å². The Hall–Kier alpha value is -1.44. The summed E-state index contributed by atoms with van der Waals surface area (Å²) < 4.78 is 13.3. The minimum atomic E-state index is -0.344. The van der Waals surface area contributed by atoms with Gasteiger partial charge in [0.1, 0.15) is 5.82 Å². The van der Waals surface area contributed by atoms with E-state index in [1.807, 2.05) is 26.8 Å². The average molecular weight is 222 g/mol. The van der Waals surface area contributed by atoms with Crippen molar-refractivity contribution >= 4 is 0 Å². The maximum absolute atomic E-state index is 13.3. The highest BCUT2D eigenvalue weighted by Gasteiger charge is 2.11. The summed E-state index contributed by atoms with van der Waals surface area (Å²) in [5.74, 6) is -0.344. The Morgan fingerprint density at radius 1 is 1.44 bits per heavy atom. The van der Waals surface area contributed by atoms with Gasteiger partial charge in [-0.05, 0) is 39.0 Å². The van der Waals surface area contributed by atoms with Crippen LogP contribution in [0.3, 0.4) is 0 Å². The van der Waals surface area contributed by atoms with Crippen molar-refractivity contribution in [2.24, 2.45) is 0 Å². The first-order valence-corrected chi connectivity index (χ1v) is 5.02. The van der Waals surface area contributed by atoms with Crippen LogP contribution in [-0.4, -0.2) is 5.60 Å². The molecule has 3 nitrogen and oxygen atoms in total. The van der Waals surface area contributed by atoms with Crippen molar-refractivity contribution in [2.45, 2.75) is 32.9 Å². The summed E-state index contributed by atoms with van der Waals surface area (Å²) in [5.41, 5.74) is 3.21. The third-order valence-electron chi connectivity index (χ3n) is 1.82. The molecular weight excluding hydrogens is 207 g/mol. The lowest BCUT2D eigenvalue weighted by molar-refractivity contribution is -0.0760. The lowest BCUT2D eigenvalue weighted by Crippen LogP contribution is -2.29. The molecule has 0 spiro atoms. The van der Waals surface area contributed by atoms with Crippen LogP contribution in [0.15, 0.2) is 18.2 Å². The van der Waals surface area contributed by atoms with Gasteiger partial charge in [0.25, 0.3) is 0 Å². The van der Waals surface area contributed by atoms with E-state index in [4.69, 9.17) is 10.1 Å². The van der Waals surface area contributed by atoms with E-state index < -0.39 is 0 Å². The van der Waals surface area contributed by atoms with Gasteiger partial charge in [-0.2, -0.15) is 10.7 Å². The zero-order valence-corrected chi connectivity index (χ0v) is 9.67. The molecule has 1 aromatic rings. The summed E-state index contributed by atoms with van der Waals surface area (Å²) in [6.07, 6.45) is 0. The molecule has 0 fully saturated rings. The molecule has 4 heteroatoms. The van der Waals surface area contributed by atoms with Gasteiger partial charge in [-0.1, -0.05) is 0 Å². The molecule has 0 saturated carbocycles. The zero-order valence-electron chi connectivity index (χ0n) is 9.67. The minimum Gasteiger partial charge on any atom is -0.296 e. The topological polar surface area (TPSA) is 45.0 Å². The lowest BCUT2D eigenvalue weighted by Gasteiger charge is -2.19. The van der Waals surface area contributed by atoms with Crippen LogP contribution in [0.4, 0.5) is 4.39 Å². The summed E-state index contributed by atoms with van der Waals surface area (Å²) in [5, 5.41) is 8.68. The Labute approximate surface area is 94.8 Å². The van der Waals surface area contributed by atoms with Crippen LogP contribution in [0.2, 0.25) is 0 Å². The zero-order chi connectivity index (χ0) is 12.2. The summed E-state index contributed by atoms with van der Waals surface area (Å²) >= 11 is 0. The van der Waals surface area contributed by atoms with Gasteiger partial charge in [-0.3, -0.25) is 4.84 Å². The first-order chi connectivity index (χ1) is 7.42. The summed E-state index contributed by atoms with van der Waals surface area (Å²) in [4.78, 5) is 5.26. The molecule has 0 atom stereocenters. The molecular formula is C12H15FN2O. The van der Waals surface area contributed by atoms with E-state index in [0.717, 1.165) is 0 Å². The van der Waals surface area contributed by atoms with Crippen LogP contribution in [-0.2, 0) is 11.4 Å². The van der Waals surface area contributed by atoms with E-state index in [0.29, 0.717) is 11.1 Å². The quantitative estimate of drug-likeness (QED) is 0.799. The summed E-state index contributed by atoms with van der Waals surface area (Å²) in [6, 6.07) is 6.21. The second-order valence-electron chi connectivity index (χ2n) is 4.45. The standard InChI is InChI=1S/C12H15FN2O/c1-12(2,3)16-15-8-10-6-9(7-14)4-5-11(10)13/h4-6,15H,8H2,1-3H3. The first kappa shape index (κ1) is 12.6. The van der Waals surface area contributed by atoms with Crippen molar-refractivity contribution in [2.75, 3.05) is 0 Å². The van der Waals surface area contributed by atoms with Crippen LogP contribution in [0.25, 0.3) is 0 Å². The van der Waals surface area contributed by atoms with Gasteiger partial charge in [0.15, 0.2) is 0 Å². The molecule has 0 unspecified atom stereocenters. The number of hydrogen-bond donors (Lipinski definition) is 1.